The molecule has 1 aliphatic rings. The van der Waals surface area contributed by atoms with Crippen LogP contribution in [0.1, 0.15) is 25.3 Å². The predicted molar refractivity (Wildman–Crippen MR) is 134 cm³/mol. The number of hydrogen-bond acceptors (Lipinski definition) is 7. The van der Waals surface area contributed by atoms with Gasteiger partial charge in [-0.05, 0) is 66.6 Å². The fraction of sp³-hybridized carbons (Fsp3) is 0.346. The summed E-state index contributed by atoms with van der Waals surface area (Å²) in [5, 5.41) is 2.06. The number of rotatable bonds is 8. The van der Waals surface area contributed by atoms with Gasteiger partial charge in [-0.1, -0.05) is 30.3 Å². The topological polar surface area (TPSA) is 72.9 Å². The van der Waals surface area contributed by atoms with Gasteiger partial charge >= 0.3 is 5.97 Å². The quantitative estimate of drug-likeness (QED) is 0.415. The Morgan fingerprint density at radius 3 is 2.35 bits per heavy atom. The zero-order valence-corrected chi connectivity index (χ0v) is 21.0. The van der Waals surface area contributed by atoms with E-state index in [0.717, 1.165) is 0 Å². The second-order valence-corrected chi connectivity index (χ2v) is 11.5. The summed E-state index contributed by atoms with van der Waals surface area (Å²) in [5.74, 6) is -0.104. The number of ether oxygens (including phenoxy) is 2. The number of piperidine rings is 1. The van der Waals surface area contributed by atoms with E-state index in [4.69, 9.17) is 9.47 Å². The Kier molecular flexibility index (Phi) is 7.40. The summed E-state index contributed by atoms with van der Waals surface area (Å²) in [4.78, 5) is 16.6. The van der Waals surface area contributed by atoms with E-state index in [0.29, 0.717) is 25.4 Å². The minimum Gasteiger partial charge on any atom is -0.497 e. The van der Waals surface area contributed by atoms with Crippen molar-refractivity contribution < 1.29 is 22.7 Å². The Bertz CT molecular complexity index is 1210. The maximum atomic E-state index is 13.7. The summed E-state index contributed by atoms with van der Waals surface area (Å²) < 4.78 is 36.3. The van der Waals surface area contributed by atoms with Crippen LogP contribution < -0.4 is 4.74 Å². The maximum Gasteiger partial charge on any atom is 0.327 e. The molecule has 4 rings (SSSR count). The largest absolute Gasteiger partial charge is 0.497 e. The molecule has 1 saturated heterocycles. The number of nitrogens with zero attached hydrogens (tertiary/aromatic N) is 1. The van der Waals surface area contributed by atoms with Crippen molar-refractivity contribution in [2.24, 2.45) is 0 Å². The van der Waals surface area contributed by atoms with E-state index in [2.05, 4.69) is 28.5 Å². The third-order valence-electron chi connectivity index (χ3n) is 6.39. The number of likely N-dealkylation sites (tertiary alicyclic amines) is 1. The van der Waals surface area contributed by atoms with Crippen molar-refractivity contribution >= 4 is 27.1 Å². The Hall–Kier alpha value is -2.68. The first-order chi connectivity index (χ1) is 16.4. The lowest BCUT2D eigenvalue weighted by atomic mass is 9.94. The van der Waals surface area contributed by atoms with Gasteiger partial charge in [0.1, 0.15) is 5.75 Å². The van der Waals surface area contributed by atoms with Crippen molar-refractivity contribution in [3.8, 4) is 16.2 Å². The van der Waals surface area contributed by atoms with Gasteiger partial charge in [0, 0.05) is 24.5 Å². The number of carbonyl (C=O) groups is 1. The first-order valence-electron chi connectivity index (χ1n) is 11.3. The zero-order valence-electron chi connectivity index (χ0n) is 19.4. The second-order valence-electron chi connectivity index (χ2n) is 8.30. The predicted octanol–water partition coefficient (Wildman–Crippen LogP) is 4.80. The van der Waals surface area contributed by atoms with E-state index in [9.17, 15) is 13.2 Å². The van der Waals surface area contributed by atoms with Crippen molar-refractivity contribution in [1.82, 2.24) is 4.90 Å². The number of benzene rings is 2. The summed E-state index contributed by atoms with van der Waals surface area (Å²) in [6.45, 7) is 3.48. The maximum absolute atomic E-state index is 13.7. The van der Waals surface area contributed by atoms with Gasteiger partial charge in [0.25, 0.3) is 0 Å². The number of thiophene rings is 1. The van der Waals surface area contributed by atoms with Crippen LogP contribution in [-0.4, -0.2) is 50.8 Å². The molecule has 3 aromatic rings. The molecule has 0 aliphatic carbocycles. The van der Waals surface area contributed by atoms with Crippen LogP contribution in [-0.2, 0) is 25.9 Å². The van der Waals surface area contributed by atoms with Crippen LogP contribution in [0.5, 0.6) is 5.75 Å². The standard InChI is InChI=1S/C26H29NO5S2/c1-3-32-25(28)26(34(29,30)22-12-10-21(31-2)11-13-22)14-16-27(17-15-26)19-20-7-4-5-8-23(20)24-9-6-18-33-24/h4-13,18H,3,14-17,19H2,1-2H3. The van der Waals surface area contributed by atoms with Crippen LogP contribution in [0.4, 0.5) is 0 Å². The monoisotopic (exact) mass is 499 g/mol. The average molecular weight is 500 g/mol. The van der Waals surface area contributed by atoms with Gasteiger partial charge in [0.2, 0.25) is 0 Å². The van der Waals surface area contributed by atoms with Crippen LogP contribution in [0.25, 0.3) is 10.4 Å². The van der Waals surface area contributed by atoms with Crippen molar-refractivity contribution in [2.75, 3.05) is 26.8 Å². The molecule has 0 atom stereocenters. The zero-order chi connectivity index (χ0) is 24.2. The fourth-order valence-corrected chi connectivity index (χ4v) is 7.20. The van der Waals surface area contributed by atoms with Crippen molar-refractivity contribution in [1.29, 1.82) is 0 Å². The third kappa shape index (κ3) is 4.62. The Morgan fingerprint density at radius 1 is 1.03 bits per heavy atom. The number of methoxy groups -OCH3 is 1. The first-order valence-corrected chi connectivity index (χ1v) is 13.7. The van der Waals surface area contributed by atoms with E-state index >= 15 is 0 Å². The smallest absolute Gasteiger partial charge is 0.327 e. The number of sulfone groups is 1. The molecule has 6 nitrogen and oxygen atoms in total. The molecule has 2 heterocycles. The van der Waals surface area contributed by atoms with E-state index < -0.39 is 20.6 Å². The molecular formula is C26H29NO5S2. The molecule has 1 fully saturated rings. The van der Waals surface area contributed by atoms with Gasteiger partial charge in [0.15, 0.2) is 14.6 Å². The highest BCUT2D eigenvalue weighted by Crippen LogP contribution is 2.38. The lowest BCUT2D eigenvalue weighted by Gasteiger charge is -2.39. The number of hydrogen-bond donors (Lipinski definition) is 0. The molecule has 0 bridgehead atoms. The fourth-order valence-electron chi connectivity index (χ4n) is 4.47. The van der Waals surface area contributed by atoms with E-state index in [1.807, 2.05) is 18.2 Å². The number of carbonyl (C=O) groups excluding carboxylic acids is 1. The lowest BCUT2D eigenvalue weighted by molar-refractivity contribution is -0.147. The molecule has 0 unspecified atom stereocenters. The summed E-state index contributed by atoms with van der Waals surface area (Å²) >= 11 is 1.70. The molecule has 0 N–H and O–H groups in total. The normalized spacial score (nSPS) is 16.2. The third-order valence-corrected chi connectivity index (χ3v) is 9.79. The highest BCUT2D eigenvalue weighted by molar-refractivity contribution is 7.93. The Balaban J connectivity index is 1.58. The first kappa shape index (κ1) is 24.4. The molecular weight excluding hydrogens is 470 g/mol. The van der Waals surface area contributed by atoms with Crippen LogP contribution in [0, 0.1) is 0 Å². The average Bonchev–Trinajstić information content (AvgIpc) is 3.40. The number of esters is 1. The molecule has 8 heteroatoms. The van der Waals surface area contributed by atoms with Gasteiger partial charge < -0.3 is 9.47 Å². The molecule has 0 amide bonds. The van der Waals surface area contributed by atoms with E-state index in [-0.39, 0.29) is 24.3 Å². The molecule has 1 aromatic heterocycles. The van der Waals surface area contributed by atoms with Crippen LogP contribution >= 0.6 is 11.3 Å². The van der Waals surface area contributed by atoms with Crippen LogP contribution in [0.15, 0.2) is 70.9 Å². The van der Waals surface area contributed by atoms with Crippen molar-refractivity contribution in [3.63, 3.8) is 0 Å². The molecule has 2 aromatic carbocycles. The Morgan fingerprint density at radius 2 is 1.74 bits per heavy atom. The van der Waals surface area contributed by atoms with E-state index in [1.165, 1.54) is 35.2 Å². The van der Waals surface area contributed by atoms with Gasteiger partial charge in [0.05, 0.1) is 18.6 Å². The van der Waals surface area contributed by atoms with Crippen molar-refractivity contribution in [2.45, 2.75) is 36.0 Å². The van der Waals surface area contributed by atoms with E-state index in [1.54, 1.807) is 30.4 Å². The molecule has 1 aliphatic heterocycles. The van der Waals surface area contributed by atoms with Crippen LogP contribution in [0.2, 0.25) is 0 Å². The Labute approximate surface area is 205 Å². The van der Waals surface area contributed by atoms with Gasteiger partial charge in [-0.25, -0.2) is 8.42 Å². The van der Waals surface area contributed by atoms with Crippen LogP contribution in [0.3, 0.4) is 0 Å². The molecule has 34 heavy (non-hydrogen) atoms. The van der Waals surface area contributed by atoms with Gasteiger partial charge in [-0.2, -0.15) is 0 Å². The molecule has 0 spiro atoms. The lowest BCUT2D eigenvalue weighted by Crippen LogP contribution is -2.54. The van der Waals surface area contributed by atoms with Gasteiger partial charge in [-0.3, -0.25) is 9.69 Å². The summed E-state index contributed by atoms with van der Waals surface area (Å²) in [7, 11) is -2.44. The highest BCUT2D eigenvalue weighted by Gasteiger charge is 2.54. The summed E-state index contributed by atoms with van der Waals surface area (Å²) in [6, 6.07) is 18.6. The summed E-state index contributed by atoms with van der Waals surface area (Å²) in [5.41, 5.74) is 2.37. The van der Waals surface area contributed by atoms with Crippen molar-refractivity contribution in [3.05, 3.63) is 71.6 Å². The molecule has 0 radical (unpaired) electrons. The highest BCUT2D eigenvalue weighted by atomic mass is 32.2. The summed E-state index contributed by atoms with van der Waals surface area (Å²) in [6.07, 6.45) is 0.364. The molecule has 0 saturated carbocycles. The second kappa shape index (κ2) is 10.3. The molecule has 180 valence electrons. The minimum atomic E-state index is -3.97. The minimum absolute atomic E-state index is 0.109. The SMILES string of the molecule is CCOC(=O)C1(S(=O)(=O)c2ccc(OC)cc2)CCN(Cc2ccccc2-c2cccs2)CC1. The van der Waals surface area contributed by atoms with Gasteiger partial charge in [-0.15, -0.1) is 11.3 Å².